The summed E-state index contributed by atoms with van der Waals surface area (Å²) in [7, 11) is 0. The Bertz CT molecular complexity index is 626. The van der Waals surface area contributed by atoms with Gasteiger partial charge in [-0.1, -0.05) is 23.2 Å². The SMILES string of the molecule is O=C(O)c1cc(Cl)ccc1Nc1cc(F)cc(Cl)c1. The van der Waals surface area contributed by atoms with Gasteiger partial charge >= 0.3 is 5.97 Å². The molecule has 0 unspecified atom stereocenters. The van der Waals surface area contributed by atoms with Crippen LogP contribution >= 0.6 is 23.2 Å². The summed E-state index contributed by atoms with van der Waals surface area (Å²) in [5, 5.41) is 12.4. The van der Waals surface area contributed by atoms with Crippen molar-refractivity contribution in [3.8, 4) is 0 Å². The molecule has 0 aliphatic heterocycles. The normalized spacial score (nSPS) is 10.3. The Morgan fingerprint density at radius 1 is 1.11 bits per heavy atom. The van der Waals surface area contributed by atoms with Crippen molar-refractivity contribution in [3.63, 3.8) is 0 Å². The molecule has 0 bridgehead atoms. The molecular formula is C13H8Cl2FNO2. The van der Waals surface area contributed by atoms with Crippen molar-refractivity contribution in [2.75, 3.05) is 5.32 Å². The van der Waals surface area contributed by atoms with Crippen molar-refractivity contribution < 1.29 is 14.3 Å². The fourth-order valence-electron chi connectivity index (χ4n) is 1.58. The molecule has 0 fully saturated rings. The van der Waals surface area contributed by atoms with Crippen molar-refractivity contribution in [1.29, 1.82) is 0 Å². The van der Waals surface area contributed by atoms with Gasteiger partial charge < -0.3 is 10.4 Å². The lowest BCUT2D eigenvalue weighted by molar-refractivity contribution is 0.0698. The second kappa shape index (κ2) is 5.47. The molecule has 0 spiro atoms. The minimum atomic E-state index is -1.13. The van der Waals surface area contributed by atoms with Crippen LogP contribution in [0.25, 0.3) is 0 Å². The van der Waals surface area contributed by atoms with Crippen LogP contribution < -0.4 is 5.32 Å². The van der Waals surface area contributed by atoms with Gasteiger partial charge in [0, 0.05) is 15.7 Å². The third-order valence-corrected chi connectivity index (χ3v) is 2.81. The van der Waals surface area contributed by atoms with Gasteiger partial charge in [0.05, 0.1) is 11.3 Å². The van der Waals surface area contributed by atoms with Crippen molar-refractivity contribution in [2.24, 2.45) is 0 Å². The Labute approximate surface area is 118 Å². The molecule has 2 aromatic carbocycles. The molecule has 2 aromatic rings. The number of nitrogens with one attached hydrogen (secondary N) is 1. The summed E-state index contributed by atoms with van der Waals surface area (Å²) < 4.78 is 13.2. The Balaban J connectivity index is 2.40. The maximum atomic E-state index is 13.2. The molecule has 0 saturated heterocycles. The highest BCUT2D eigenvalue weighted by atomic mass is 35.5. The van der Waals surface area contributed by atoms with E-state index in [0.29, 0.717) is 16.4 Å². The summed E-state index contributed by atoms with van der Waals surface area (Å²) in [6, 6.07) is 8.22. The highest BCUT2D eigenvalue weighted by Gasteiger charge is 2.11. The van der Waals surface area contributed by atoms with Crippen LogP contribution in [0, 0.1) is 5.82 Å². The lowest BCUT2D eigenvalue weighted by Gasteiger charge is -2.10. The van der Waals surface area contributed by atoms with E-state index in [0.717, 1.165) is 6.07 Å². The van der Waals surface area contributed by atoms with Crippen LogP contribution in [0.1, 0.15) is 10.4 Å². The van der Waals surface area contributed by atoms with Crippen molar-refractivity contribution in [1.82, 2.24) is 0 Å². The second-order valence-electron chi connectivity index (χ2n) is 3.78. The maximum absolute atomic E-state index is 13.2. The molecule has 3 nitrogen and oxygen atoms in total. The first-order valence-corrected chi connectivity index (χ1v) is 5.97. The summed E-state index contributed by atoms with van der Waals surface area (Å²) in [6.07, 6.45) is 0. The van der Waals surface area contributed by atoms with Crippen LogP contribution in [0.2, 0.25) is 10.0 Å². The summed E-state index contributed by atoms with van der Waals surface area (Å²) in [5.41, 5.74) is 0.654. The van der Waals surface area contributed by atoms with Gasteiger partial charge in [-0.15, -0.1) is 0 Å². The Morgan fingerprint density at radius 2 is 1.84 bits per heavy atom. The van der Waals surface area contributed by atoms with Crippen molar-refractivity contribution in [2.45, 2.75) is 0 Å². The van der Waals surface area contributed by atoms with Gasteiger partial charge in [-0.3, -0.25) is 0 Å². The number of carboxylic acids is 1. The zero-order valence-corrected chi connectivity index (χ0v) is 11.0. The Morgan fingerprint density at radius 3 is 2.47 bits per heavy atom. The number of rotatable bonds is 3. The molecule has 0 radical (unpaired) electrons. The zero-order chi connectivity index (χ0) is 14.0. The second-order valence-corrected chi connectivity index (χ2v) is 4.65. The molecule has 19 heavy (non-hydrogen) atoms. The molecule has 0 atom stereocenters. The van der Waals surface area contributed by atoms with E-state index in [1.54, 1.807) is 0 Å². The van der Waals surface area contributed by atoms with Gasteiger partial charge in [0.2, 0.25) is 0 Å². The Hall–Kier alpha value is -1.78. The number of carboxylic acid groups (broad SMARTS) is 1. The summed E-state index contributed by atoms with van der Waals surface area (Å²) in [5.74, 6) is -1.65. The van der Waals surface area contributed by atoms with Crippen LogP contribution in [0.4, 0.5) is 15.8 Å². The molecule has 6 heteroatoms. The molecule has 0 heterocycles. The molecule has 2 rings (SSSR count). The van der Waals surface area contributed by atoms with Gasteiger partial charge in [0.1, 0.15) is 5.82 Å². The minimum absolute atomic E-state index is 0.00659. The third-order valence-electron chi connectivity index (χ3n) is 2.35. The van der Waals surface area contributed by atoms with Crippen LogP contribution in [-0.4, -0.2) is 11.1 Å². The topological polar surface area (TPSA) is 49.3 Å². The van der Waals surface area contributed by atoms with E-state index in [9.17, 15) is 9.18 Å². The maximum Gasteiger partial charge on any atom is 0.337 e. The largest absolute Gasteiger partial charge is 0.478 e. The highest BCUT2D eigenvalue weighted by Crippen LogP contribution is 2.26. The van der Waals surface area contributed by atoms with Crippen molar-refractivity contribution >= 4 is 40.5 Å². The first-order chi connectivity index (χ1) is 8.95. The van der Waals surface area contributed by atoms with Gasteiger partial charge in [0.25, 0.3) is 0 Å². The predicted molar refractivity (Wildman–Crippen MR) is 73.1 cm³/mol. The van der Waals surface area contributed by atoms with Gasteiger partial charge in [0.15, 0.2) is 0 Å². The average Bonchev–Trinajstić information content (AvgIpc) is 2.30. The molecule has 0 amide bonds. The van der Waals surface area contributed by atoms with Gasteiger partial charge in [-0.25, -0.2) is 9.18 Å². The van der Waals surface area contributed by atoms with E-state index in [-0.39, 0.29) is 10.6 Å². The van der Waals surface area contributed by atoms with Crippen LogP contribution in [0.3, 0.4) is 0 Å². The molecule has 0 aliphatic carbocycles. The van der Waals surface area contributed by atoms with Gasteiger partial charge in [-0.2, -0.15) is 0 Å². The lowest BCUT2D eigenvalue weighted by Crippen LogP contribution is -2.02. The monoisotopic (exact) mass is 299 g/mol. The summed E-state index contributed by atoms with van der Waals surface area (Å²) in [6.45, 7) is 0. The van der Waals surface area contributed by atoms with Crippen LogP contribution in [0.15, 0.2) is 36.4 Å². The molecular weight excluding hydrogens is 292 g/mol. The number of carbonyl (C=O) groups is 1. The standard InChI is InChI=1S/C13H8Cl2FNO2/c14-7-1-2-12(11(5-7)13(18)19)17-10-4-8(15)3-9(16)6-10/h1-6,17H,(H,18,19). The van der Waals surface area contributed by atoms with E-state index < -0.39 is 11.8 Å². The fraction of sp³-hybridized carbons (Fsp3) is 0. The Kier molecular flexibility index (Phi) is 3.93. The number of hydrogen-bond donors (Lipinski definition) is 2. The van der Waals surface area contributed by atoms with Crippen LogP contribution in [0.5, 0.6) is 0 Å². The molecule has 0 aliphatic rings. The predicted octanol–water partition coefficient (Wildman–Crippen LogP) is 4.57. The number of anilines is 2. The lowest BCUT2D eigenvalue weighted by atomic mass is 10.1. The van der Waals surface area contributed by atoms with E-state index in [4.69, 9.17) is 28.3 Å². The van der Waals surface area contributed by atoms with Crippen molar-refractivity contribution in [3.05, 3.63) is 57.8 Å². The highest BCUT2D eigenvalue weighted by molar-refractivity contribution is 6.31. The molecule has 0 saturated carbocycles. The van der Waals surface area contributed by atoms with E-state index in [2.05, 4.69) is 5.32 Å². The smallest absolute Gasteiger partial charge is 0.337 e. The summed E-state index contributed by atoms with van der Waals surface area (Å²) in [4.78, 5) is 11.1. The number of aromatic carboxylic acids is 1. The minimum Gasteiger partial charge on any atom is -0.478 e. The van der Waals surface area contributed by atoms with E-state index in [1.807, 2.05) is 0 Å². The van der Waals surface area contributed by atoms with E-state index >= 15 is 0 Å². The quantitative estimate of drug-likeness (QED) is 0.872. The number of halogens is 3. The molecule has 98 valence electrons. The van der Waals surface area contributed by atoms with Crippen LogP contribution in [-0.2, 0) is 0 Å². The molecule has 2 N–H and O–H groups in total. The number of benzene rings is 2. The zero-order valence-electron chi connectivity index (χ0n) is 9.45. The first-order valence-electron chi connectivity index (χ1n) is 5.21. The number of hydrogen-bond acceptors (Lipinski definition) is 2. The van der Waals surface area contributed by atoms with E-state index in [1.165, 1.54) is 30.3 Å². The molecule has 0 aromatic heterocycles. The first kappa shape index (κ1) is 13.6. The van der Waals surface area contributed by atoms with Gasteiger partial charge in [-0.05, 0) is 36.4 Å². The summed E-state index contributed by atoms with van der Waals surface area (Å²) >= 11 is 11.5. The fourth-order valence-corrected chi connectivity index (χ4v) is 1.98. The average molecular weight is 300 g/mol. The third kappa shape index (κ3) is 3.36.